The van der Waals surface area contributed by atoms with Crippen molar-refractivity contribution in [3.63, 3.8) is 0 Å². The van der Waals surface area contributed by atoms with E-state index >= 15 is 0 Å². The maximum atomic E-state index is 12.8. The highest BCUT2D eigenvalue weighted by molar-refractivity contribution is 7.92. The van der Waals surface area contributed by atoms with Gasteiger partial charge in [0.05, 0.1) is 19.1 Å². The van der Waals surface area contributed by atoms with E-state index in [0.29, 0.717) is 18.0 Å². The first-order chi connectivity index (χ1) is 13.8. The number of sulfonamides is 1. The van der Waals surface area contributed by atoms with E-state index in [9.17, 15) is 13.2 Å². The van der Waals surface area contributed by atoms with Crippen molar-refractivity contribution in [2.75, 3.05) is 17.7 Å². The lowest BCUT2D eigenvalue weighted by atomic mass is 10.0. The Hall–Kier alpha value is -3.06. The smallest absolute Gasteiger partial charge is 0.243 e. The summed E-state index contributed by atoms with van der Waals surface area (Å²) in [5, 5.41) is 5.01. The van der Waals surface area contributed by atoms with Crippen LogP contribution >= 0.6 is 0 Å². The van der Waals surface area contributed by atoms with Crippen molar-refractivity contribution in [1.82, 2.24) is 5.32 Å². The molecule has 0 radical (unpaired) electrons. The summed E-state index contributed by atoms with van der Waals surface area (Å²) in [6, 6.07) is 19.5. The van der Waals surface area contributed by atoms with Crippen molar-refractivity contribution < 1.29 is 17.9 Å². The molecule has 1 amide bonds. The first-order valence-corrected chi connectivity index (χ1v) is 11.0. The average molecular weight is 413 g/mol. The minimum atomic E-state index is -3.67. The number of nitrogens with zero attached hydrogens (tertiary/aromatic N) is 1. The molecular formula is C22H24N2O4S. The van der Waals surface area contributed by atoms with Gasteiger partial charge in [0.2, 0.25) is 15.9 Å². The van der Waals surface area contributed by atoms with E-state index in [4.69, 9.17) is 4.74 Å². The molecule has 0 saturated heterocycles. The minimum Gasteiger partial charge on any atom is -0.497 e. The highest BCUT2D eigenvalue weighted by Crippen LogP contribution is 2.24. The van der Waals surface area contributed by atoms with Crippen LogP contribution in [0.4, 0.5) is 5.69 Å². The lowest BCUT2D eigenvalue weighted by molar-refractivity contribution is -0.122. The standard InChI is InChI=1S/C22H24N2O4S/c1-16(24(29(3,26)27)19-11-13-20(28-2)14-12-19)22(25)23-15-18-9-6-8-17-7-4-5-10-21(17)18/h4-14,16H,15H2,1-3H3,(H,23,25). The number of rotatable bonds is 7. The molecular weight excluding hydrogens is 388 g/mol. The van der Waals surface area contributed by atoms with Crippen LogP contribution in [0.3, 0.4) is 0 Å². The van der Waals surface area contributed by atoms with Crippen LogP contribution < -0.4 is 14.4 Å². The van der Waals surface area contributed by atoms with Gasteiger partial charge in [0, 0.05) is 6.54 Å². The van der Waals surface area contributed by atoms with Gasteiger partial charge < -0.3 is 10.1 Å². The third-order valence-electron chi connectivity index (χ3n) is 4.75. The molecule has 0 fully saturated rings. The van der Waals surface area contributed by atoms with E-state index in [2.05, 4.69) is 5.32 Å². The molecule has 0 bridgehead atoms. The third-order valence-corrected chi connectivity index (χ3v) is 5.99. The number of carbonyl (C=O) groups excluding carboxylic acids is 1. The zero-order valence-corrected chi connectivity index (χ0v) is 17.4. The fourth-order valence-electron chi connectivity index (χ4n) is 3.31. The zero-order chi connectivity index (χ0) is 21.0. The Morgan fingerprint density at radius 1 is 1.03 bits per heavy atom. The van der Waals surface area contributed by atoms with Gasteiger partial charge in [-0.25, -0.2) is 8.42 Å². The zero-order valence-electron chi connectivity index (χ0n) is 16.6. The van der Waals surface area contributed by atoms with Crippen molar-refractivity contribution in [1.29, 1.82) is 0 Å². The van der Waals surface area contributed by atoms with Crippen LogP contribution in [0, 0.1) is 0 Å². The maximum absolute atomic E-state index is 12.8. The number of carbonyl (C=O) groups is 1. The lowest BCUT2D eigenvalue weighted by Gasteiger charge is -2.28. The second kappa shape index (κ2) is 8.53. The molecule has 1 N–H and O–H groups in total. The summed E-state index contributed by atoms with van der Waals surface area (Å²) in [4.78, 5) is 12.8. The average Bonchev–Trinajstić information content (AvgIpc) is 2.71. The molecule has 7 heteroatoms. The number of ether oxygens (including phenoxy) is 1. The summed E-state index contributed by atoms with van der Waals surface area (Å²) in [6.45, 7) is 1.88. The molecule has 0 aliphatic heterocycles. The maximum Gasteiger partial charge on any atom is 0.243 e. The molecule has 0 saturated carbocycles. The number of anilines is 1. The highest BCUT2D eigenvalue weighted by Gasteiger charge is 2.29. The molecule has 6 nitrogen and oxygen atoms in total. The molecule has 0 heterocycles. The number of hydrogen-bond acceptors (Lipinski definition) is 4. The fourth-order valence-corrected chi connectivity index (χ4v) is 4.49. The number of fused-ring (bicyclic) bond motifs is 1. The number of benzene rings is 3. The molecule has 0 aromatic heterocycles. The van der Waals surface area contributed by atoms with Crippen LogP contribution in [0.1, 0.15) is 12.5 Å². The highest BCUT2D eigenvalue weighted by atomic mass is 32.2. The summed E-state index contributed by atoms with van der Waals surface area (Å²) in [7, 11) is -2.13. The monoisotopic (exact) mass is 412 g/mol. The van der Waals surface area contributed by atoms with E-state index < -0.39 is 16.1 Å². The molecule has 3 aromatic rings. The summed E-state index contributed by atoms with van der Waals surface area (Å²) in [6.07, 6.45) is 1.09. The van der Waals surface area contributed by atoms with Crippen molar-refractivity contribution in [3.8, 4) is 5.75 Å². The quantitative estimate of drug-likeness (QED) is 0.646. The van der Waals surface area contributed by atoms with Gasteiger partial charge in [0.1, 0.15) is 11.8 Å². The summed E-state index contributed by atoms with van der Waals surface area (Å²) in [5.41, 5.74) is 1.38. The number of amides is 1. The van der Waals surface area contributed by atoms with Crippen LogP contribution in [0.25, 0.3) is 10.8 Å². The summed E-state index contributed by atoms with van der Waals surface area (Å²) in [5.74, 6) is 0.231. The molecule has 1 unspecified atom stereocenters. The Morgan fingerprint density at radius 3 is 2.34 bits per heavy atom. The van der Waals surface area contributed by atoms with E-state index in [0.717, 1.165) is 26.9 Å². The summed E-state index contributed by atoms with van der Waals surface area (Å²) < 4.78 is 31.0. The largest absolute Gasteiger partial charge is 0.497 e. The molecule has 29 heavy (non-hydrogen) atoms. The number of hydrogen-bond donors (Lipinski definition) is 1. The van der Waals surface area contributed by atoms with Crippen molar-refractivity contribution in [3.05, 3.63) is 72.3 Å². The van der Waals surface area contributed by atoms with E-state index in [1.165, 1.54) is 7.11 Å². The van der Waals surface area contributed by atoms with Gasteiger partial charge in [-0.05, 0) is 47.5 Å². The molecule has 1 atom stereocenters. The van der Waals surface area contributed by atoms with Gasteiger partial charge in [-0.2, -0.15) is 0 Å². The first-order valence-electron chi connectivity index (χ1n) is 9.19. The Kier molecular flexibility index (Phi) is 6.08. The predicted molar refractivity (Wildman–Crippen MR) is 116 cm³/mol. The van der Waals surface area contributed by atoms with Gasteiger partial charge in [0.15, 0.2) is 0 Å². The van der Waals surface area contributed by atoms with Crippen molar-refractivity contribution >= 4 is 32.4 Å². The first kappa shape index (κ1) is 20.7. The van der Waals surface area contributed by atoms with Crippen LogP contribution in [0.5, 0.6) is 5.75 Å². The van der Waals surface area contributed by atoms with Gasteiger partial charge in [0.25, 0.3) is 0 Å². The Bertz CT molecular complexity index is 1110. The van der Waals surface area contributed by atoms with Crippen molar-refractivity contribution in [2.45, 2.75) is 19.5 Å². The molecule has 0 spiro atoms. The summed E-state index contributed by atoms with van der Waals surface area (Å²) >= 11 is 0. The topological polar surface area (TPSA) is 75.7 Å². The van der Waals surface area contributed by atoms with Crippen LogP contribution in [0.15, 0.2) is 66.7 Å². The second-order valence-corrected chi connectivity index (χ2v) is 8.65. The molecule has 0 aliphatic rings. The van der Waals surface area contributed by atoms with E-state index in [1.807, 2.05) is 42.5 Å². The second-order valence-electron chi connectivity index (χ2n) is 6.79. The van der Waals surface area contributed by atoms with Gasteiger partial charge in [-0.1, -0.05) is 42.5 Å². The minimum absolute atomic E-state index is 0.310. The van der Waals surface area contributed by atoms with Crippen LogP contribution in [-0.4, -0.2) is 33.7 Å². The van der Waals surface area contributed by atoms with E-state index in [-0.39, 0.29) is 5.91 Å². The number of methoxy groups -OCH3 is 1. The van der Waals surface area contributed by atoms with Gasteiger partial charge >= 0.3 is 0 Å². The Balaban J connectivity index is 1.80. The van der Waals surface area contributed by atoms with Gasteiger partial charge in [-0.15, -0.1) is 0 Å². The van der Waals surface area contributed by atoms with Gasteiger partial charge in [-0.3, -0.25) is 9.10 Å². The lowest BCUT2D eigenvalue weighted by Crippen LogP contribution is -2.47. The molecule has 3 rings (SSSR count). The third kappa shape index (κ3) is 4.68. The Morgan fingerprint density at radius 2 is 1.69 bits per heavy atom. The fraction of sp³-hybridized carbons (Fsp3) is 0.227. The predicted octanol–water partition coefficient (Wildman–Crippen LogP) is 3.32. The van der Waals surface area contributed by atoms with Crippen molar-refractivity contribution in [2.24, 2.45) is 0 Å². The molecule has 3 aromatic carbocycles. The SMILES string of the molecule is COc1ccc(N(C(C)C(=O)NCc2cccc3ccccc23)S(C)(=O)=O)cc1. The normalized spacial score (nSPS) is 12.4. The van der Waals surface area contributed by atoms with E-state index in [1.54, 1.807) is 31.2 Å². The molecule has 0 aliphatic carbocycles. The Labute approximate surface area is 171 Å². The van der Waals surface area contributed by atoms with Crippen LogP contribution in [-0.2, 0) is 21.4 Å². The van der Waals surface area contributed by atoms with Crippen LogP contribution in [0.2, 0.25) is 0 Å². The number of nitrogens with one attached hydrogen (secondary N) is 1. The molecule has 152 valence electrons.